The van der Waals surface area contributed by atoms with Crippen LogP contribution in [-0.2, 0) is 24.0 Å². The van der Waals surface area contributed by atoms with Crippen molar-refractivity contribution in [1.29, 1.82) is 0 Å². The zero-order valence-corrected chi connectivity index (χ0v) is 20.1. The normalized spacial score (nSPS) is 15.1. The summed E-state index contributed by atoms with van der Waals surface area (Å²) in [5.41, 5.74) is 0. The Bertz CT molecular complexity index is 633. The van der Waals surface area contributed by atoms with Gasteiger partial charge in [-0.1, -0.05) is 41.5 Å². The van der Waals surface area contributed by atoms with Gasteiger partial charge in [0.25, 0.3) is 0 Å². The molecule has 0 aliphatic heterocycles. The van der Waals surface area contributed by atoms with Crippen LogP contribution in [0.15, 0.2) is 0 Å². The van der Waals surface area contributed by atoms with Gasteiger partial charge < -0.3 is 26.1 Å². The minimum absolute atomic E-state index is 0.114. The lowest BCUT2D eigenvalue weighted by Gasteiger charge is -2.27. The zero-order valence-electron chi connectivity index (χ0n) is 20.1. The predicted molar refractivity (Wildman–Crippen MR) is 119 cm³/mol. The van der Waals surface area contributed by atoms with E-state index in [1.807, 2.05) is 27.7 Å². The van der Waals surface area contributed by atoms with Gasteiger partial charge in [0.15, 0.2) is 0 Å². The van der Waals surface area contributed by atoms with Crippen molar-refractivity contribution >= 4 is 29.9 Å². The number of nitrogens with one attached hydrogen (secondary N) is 4. The Morgan fingerprint density at radius 1 is 0.710 bits per heavy atom. The van der Waals surface area contributed by atoms with Crippen molar-refractivity contribution in [2.75, 3.05) is 0 Å². The number of hydrogen-bond acceptors (Lipinski definition) is 5. The Labute approximate surface area is 185 Å². The fourth-order valence-corrected chi connectivity index (χ4v) is 3.09. The molecule has 4 amide bonds. The fourth-order valence-electron chi connectivity index (χ4n) is 3.09. The van der Waals surface area contributed by atoms with Crippen LogP contribution in [0.1, 0.15) is 68.2 Å². The zero-order chi connectivity index (χ0) is 24.3. The van der Waals surface area contributed by atoms with Crippen LogP contribution in [-0.4, -0.2) is 54.1 Å². The molecule has 0 bridgehead atoms. The lowest BCUT2D eigenvalue weighted by Crippen LogP contribution is -2.58. The maximum Gasteiger partial charge on any atom is 0.243 e. The summed E-state index contributed by atoms with van der Waals surface area (Å²) in [5, 5.41) is 10.5. The van der Waals surface area contributed by atoms with E-state index in [1.165, 1.54) is 13.8 Å². The van der Waals surface area contributed by atoms with E-state index in [9.17, 15) is 24.0 Å². The number of hydrogen-bond donors (Lipinski definition) is 4. The van der Waals surface area contributed by atoms with E-state index in [-0.39, 0.29) is 23.7 Å². The minimum Gasteiger partial charge on any atom is -0.345 e. The molecular weight excluding hydrogens is 400 g/mol. The molecule has 31 heavy (non-hydrogen) atoms. The van der Waals surface area contributed by atoms with Gasteiger partial charge in [-0.05, 0) is 37.5 Å². The smallest absolute Gasteiger partial charge is 0.243 e. The summed E-state index contributed by atoms with van der Waals surface area (Å²) < 4.78 is 0. The van der Waals surface area contributed by atoms with Crippen molar-refractivity contribution in [3.63, 3.8) is 0 Å². The first-order valence-electron chi connectivity index (χ1n) is 10.9. The van der Waals surface area contributed by atoms with Crippen LogP contribution in [0, 0.1) is 17.8 Å². The van der Waals surface area contributed by atoms with Gasteiger partial charge in [-0.25, -0.2) is 0 Å². The van der Waals surface area contributed by atoms with E-state index >= 15 is 0 Å². The maximum absolute atomic E-state index is 12.9. The Balaban J connectivity index is 5.34. The summed E-state index contributed by atoms with van der Waals surface area (Å²) in [6.45, 7) is 14.1. The molecule has 0 rings (SSSR count). The van der Waals surface area contributed by atoms with E-state index < -0.39 is 41.9 Å². The molecule has 178 valence electrons. The number of rotatable bonds is 13. The van der Waals surface area contributed by atoms with Gasteiger partial charge in [0, 0.05) is 6.92 Å². The highest BCUT2D eigenvalue weighted by Crippen LogP contribution is 2.10. The molecule has 9 nitrogen and oxygen atoms in total. The molecule has 4 atom stereocenters. The van der Waals surface area contributed by atoms with Gasteiger partial charge in [0.2, 0.25) is 23.6 Å². The molecular formula is C22H40N4O5. The molecule has 0 saturated heterocycles. The van der Waals surface area contributed by atoms with Gasteiger partial charge in [0.05, 0.1) is 6.04 Å². The molecule has 0 unspecified atom stereocenters. The monoisotopic (exact) mass is 440 g/mol. The number of carbonyl (C=O) groups is 5. The molecule has 0 aliphatic rings. The third kappa shape index (κ3) is 11.5. The van der Waals surface area contributed by atoms with Crippen molar-refractivity contribution in [2.24, 2.45) is 17.8 Å². The quantitative estimate of drug-likeness (QED) is 0.316. The highest BCUT2D eigenvalue weighted by atomic mass is 16.2. The second-order valence-corrected chi connectivity index (χ2v) is 9.22. The molecule has 0 fully saturated rings. The molecule has 0 spiro atoms. The first-order chi connectivity index (χ1) is 14.3. The van der Waals surface area contributed by atoms with Gasteiger partial charge >= 0.3 is 0 Å². The average Bonchev–Trinajstić information content (AvgIpc) is 2.62. The van der Waals surface area contributed by atoms with Crippen LogP contribution in [0.25, 0.3) is 0 Å². The number of carbonyl (C=O) groups excluding carboxylic acids is 5. The number of amides is 4. The lowest BCUT2D eigenvalue weighted by molar-refractivity contribution is -0.134. The Morgan fingerprint density at radius 2 is 1.26 bits per heavy atom. The van der Waals surface area contributed by atoms with Crippen molar-refractivity contribution in [2.45, 2.75) is 92.4 Å². The Hall–Kier alpha value is -2.45. The van der Waals surface area contributed by atoms with Crippen LogP contribution < -0.4 is 21.3 Å². The van der Waals surface area contributed by atoms with E-state index in [0.717, 1.165) is 0 Å². The molecule has 4 N–H and O–H groups in total. The molecule has 0 aromatic carbocycles. The molecule has 0 radical (unpaired) electrons. The fraction of sp³-hybridized carbons (Fsp3) is 0.773. The Morgan fingerprint density at radius 3 is 1.68 bits per heavy atom. The summed E-state index contributed by atoms with van der Waals surface area (Å²) in [6, 6.07) is -3.15. The third-order valence-corrected chi connectivity index (χ3v) is 4.62. The van der Waals surface area contributed by atoms with Crippen molar-refractivity contribution < 1.29 is 24.0 Å². The van der Waals surface area contributed by atoms with E-state index in [0.29, 0.717) is 19.1 Å². The van der Waals surface area contributed by atoms with Crippen molar-refractivity contribution in [3.05, 3.63) is 0 Å². The summed E-state index contributed by atoms with van der Waals surface area (Å²) in [4.78, 5) is 60.6. The largest absolute Gasteiger partial charge is 0.345 e. The van der Waals surface area contributed by atoms with Crippen molar-refractivity contribution in [3.8, 4) is 0 Å². The van der Waals surface area contributed by atoms with Gasteiger partial charge in [0.1, 0.15) is 24.4 Å². The molecule has 0 saturated carbocycles. The Kier molecular flexibility index (Phi) is 12.7. The van der Waals surface area contributed by atoms with Crippen LogP contribution in [0.4, 0.5) is 0 Å². The minimum atomic E-state index is -0.885. The lowest BCUT2D eigenvalue weighted by atomic mass is 9.99. The van der Waals surface area contributed by atoms with Gasteiger partial charge in [-0.15, -0.1) is 0 Å². The highest BCUT2D eigenvalue weighted by Gasteiger charge is 2.31. The van der Waals surface area contributed by atoms with Crippen LogP contribution >= 0.6 is 0 Å². The highest BCUT2D eigenvalue weighted by molar-refractivity contribution is 5.94. The molecule has 0 heterocycles. The average molecular weight is 441 g/mol. The second kappa shape index (κ2) is 13.8. The third-order valence-electron chi connectivity index (χ3n) is 4.62. The standard InChI is InChI=1S/C22H40N4O5/c1-12(2)9-17(11-27)24-21(30)18(10-13(3)4)25-22(31)19(14(5)6)26-20(29)15(7)23-16(8)28/h11-15,17-19H,9-10H2,1-8H3,(H,23,28)(H,24,30)(H,25,31)(H,26,29)/t15-,17-,18-,19-/m0/s1. The van der Waals surface area contributed by atoms with Crippen LogP contribution in [0.5, 0.6) is 0 Å². The maximum atomic E-state index is 12.9. The predicted octanol–water partition coefficient (Wildman–Crippen LogP) is 0.913. The van der Waals surface area contributed by atoms with Gasteiger partial charge in [-0.3, -0.25) is 19.2 Å². The topological polar surface area (TPSA) is 133 Å². The second-order valence-electron chi connectivity index (χ2n) is 9.22. The molecule has 0 aliphatic carbocycles. The summed E-state index contributed by atoms with van der Waals surface area (Å²) in [7, 11) is 0. The van der Waals surface area contributed by atoms with E-state index in [2.05, 4.69) is 21.3 Å². The molecule has 0 aromatic heterocycles. The molecule has 0 aromatic rings. The van der Waals surface area contributed by atoms with E-state index in [1.54, 1.807) is 13.8 Å². The van der Waals surface area contributed by atoms with Crippen LogP contribution in [0.3, 0.4) is 0 Å². The first kappa shape index (κ1) is 28.5. The summed E-state index contributed by atoms with van der Waals surface area (Å²) in [5.74, 6) is -1.69. The summed E-state index contributed by atoms with van der Waals surface area (Å²) >= 11 is 0. The number of aldehydes is 1. The van der Waals surface area contributed by atoms with Crippen LogP contribution in [0.2, 0.25) is 0 Å². The van der Waals surface area contributed by atoms with Crippen molar-refractivity contribution in [1.82, 2.24) is 21.3 Å². The summed E-state index contributed by atoms with van der Waals surface area (Å²) in [6.07, 6.45) is 1.59. The SMILES string of the molecule is CC(=O)N[C@@H](C)C(=O)N[C@H](C(=O)N[C@@H](CC(C)C)C(=O)N[C@H](C=O)CC(C)C)C(C)C. The van der Waals surface area contributed by atoms with E-state index in [4.69, 9.17) is 0 Å². The first-order valence-corrected chi connectivity index (χ1v) is 10.9. The van der Waals surface area contributed by atoms with Gasteiger partial charge in [-0.2, -0.15) is 0 Å². The molecule has 9 heteroatoms.